The molecule has 2 aliphatic heterocycles. The number of hydrogen-bond donors (Lipinski definition) is 2. The molecule has 4 bridgehead atoms. The number of Topliss-reactive ketones (excluding diaryl/α,β-unsaturated/α-hetero) is 2. The van der Waals surface area contributed by atoms with Crippen LogP contribution in [0.4, 0.5) is 0 Å². The minimum atomic E-state index is -2.26. The second-order valence-electron chi connectivity index (χ2n) is 29.0. The minimum Gasteiger partial charge on any atom is -0.455 e. The Morgan fingerprint density at radius 1 is 0.534 bits per heavy atom. The molecule has 14 unspecified atom stereocenters. The number of aliphatic hydroxyl groups is 2. The summed E-state index contributed by atoms with van der Waals surface area (Å²) in [7, 11) is -2.26. The van der Waals surface area contributed by atoms with Crippen molar-refractivity contribution in [1.82, 2.24) is 0 Å². The van der Waals surface area contributed by atoms with Gasteiger partial charge in [0.05, 0.1) is 42.3 Å². The number of ether oxygens (including phenoxy) is 8. The van der Waals surface area contributed by atoms with E-state index in [1.54, 1.807) is 88.4 Å². The first-order valence-corrected chi connectivity index (χ1v) is 34.3. The predicted molar refractivity (Wildman–Crippen MR) is 321 cm³/mol. The van der Waals surface area contributed by atoms with E-state index in [2.05, 4.69) is 0 Å². The molecule has 10 rings (SSSR count). The van der Waals surface area contributed by atoms with Crippen molar-refractivity contribution in [3.63, 3.8) is 0 Å². The highest BCUT2D eigenvalue weighted by Gasteiger charge is 2.80. The number of esters is 6. The van der Waals surface area contributed by atoms with Crippen molar-refractivity contribution >= 4 is 55.7 Å². The second kappa shape index (κ2) is 22.8. The highest BCUT2D eigenvalue weighted by atomic mass is 28.4. The zero-order chi connectivity index (χ0) is 65.2. The smallest absolute Gasteiger partial charge is 0.338 e. The first kappa shape index (κ1) is 66.5. The molecule has 2 heterocycles. The van der Waals surface area contributed by atoms with Gasteiger partial charge in [-0.3, -0.25) is 28.8 Å². The zero-order valence-corrected chi connectivity index (χ0v) is 55.3. The summed E-state index contributed by atoms with van der Waals surface area (Å²) in [6.07, 6.45) is -6.13. The number of fused-ring (bicyclic) bond motifs is 10. The molecule has 4 saturated carbocycles. The molecule has 88 heavy (non-hydrogen) atoms. The summed E-state index contributed by atoms with van der Waals surface area (Å²) in [6, 6.07) is 16.9. The number of rotatable bonds is 10. The molecule has 0 aromatic heterocycles. The molecule has 6 fully saturated rings. The van der Waals surface area contributed by atoms with Crippen molar-refractivity contribution in [1.29, 1.82) is 0 Å². The highest BCUT2D eigenvalue weighted by molar-refractivity contribution is 6.69. The molecule has 6 aliphatic carbocycles. The number of carbonyl (C=O) groups is 8. The van der Waals surface area contributed by atoms with Gasteiger partial charge in [-0.1, -0.05) is 104 Å². The summed E-state index contributed by atoms with van der Waals surface area (Å²) < 4.78 is 55.9. The molecule has 20 heteroatoms. The first-order chi connectivity index (χ1) is 40.7. The SMILES string of the molecule is CC(=O)OC1C(=O)C2=C(C)C(C)CC(O)(C(OC(=O)c3ccccc3)C3C4(OC(C)=O)COC4C[C@H](C)[C@@]13C)C2(C)C.CC(=O)OC1C(=O)C2=C(C)C(O[Si](C)(C)C)CC(O)(C(OC(=O)c3ccccc3)C3C4(OC(C)=O)COC4C[C@H](C)[C@@]13C)C2(C)C. The lowest BCUT2D eigenvalue weighted by atomic mass is 9.43. The normalized spacial score (nSPS) is 39.3. The number of ketones is 2. The molecule has 480 valence electrons. The second-order valence-corrected chi connectivity index (χ2v) is 33.5. The molecule has 0 amide bonds. The molecular formula is C68H90O19Si. The Labute approximate surface area is 517 Å². The Balaban J connectivity index is 0.000000210. The van der Waals surface area contributed by atoms with Gasteiger partial charge in [-0.05, 0) is 100 Å². The highest BCUT2D eigenvalue weighted by Crippen LogP contribution is 2.69. The maximum absolute atomic E-state index is 15.1. The standard InChI is InChI=1S/C35H48O10Si.C33H42O9/c1-19-16-25-34(18-41-25,44-22(4)37)28-30(43-31(39)23-14-12-11-13-15-23)35(40)17-24(45-46(8,9)10)20(2)26(32(35,5)6)27(38)29(33(19,28)7)42-21(3)36;1-17-15-33(38)28(41-29(37)22-12-10-9-11-13-22)26-31(8,18(2)14-23-32(26,16-39-23)42-21(5)35)27(40-20(4)34)25(36)24(19(17)3)30(33,6)7/h11-15,19,24-25,28-30,40H,16-18H2,1-10H3;9-13,17-18,23,26-28,38H,14-16H2,1-8H3/t19-,24?,25?,28?,29?,30?,33+,34?,35?;17?,18-,23?,26?,27?,28?,31+,32?,33?/m00/s1. The first-order valence-electron chi connectivity index (χ1n) is 30.8. The Hall–Kier alpha value is -5.90. The average Bonchev–Trinajstić information content (AvgIpc) is 0.681. The van der Waals surface area contributed by atoms with Gasteiger partial charge in [0, 0.05) is 66.9 Å². The van der Waals surface area contributed by atoms with Crippen LogP contribution >= 0.6 is 0 Å². The van der Waals surface area contributed by atoms with Crippen molar-refractivity contribution in [2.45, 2.75) is 214 Å². The van der Waals surface area contributed by atoms with E-state index in [1.165, 1.54) is 27.7 Å². The van der Waals surface area contributed by atoms with Crippen LogP contribution in [0.25, 0.3) is 0 Å². The fraction of sp³-hybridized carbons (Fsp3) is 0.647. The van der Waals surface area contributed by atoms with E-state index in [0.29, 0.717) is 24.0 Å². The third kappa shape index (κ3) is 10.3. The third-order valence-corrected chi connectivity index (χ3v) is 23.2. The molecule has 2 aromatic carbocycles. The Bertz CT molecular complexity index is 3240. The topological polar surface area (TPSA) is 260 Å². The maximum atomic E-state index is 15.1. The molecule has 2 aromatic rings. The summed E-state index contributed by atoms with van der Waals surface area (Å²) in [4.78, 5) is 109. The van der Waals surface area contributed by atoms with Crippen molar-refractivity contribution in [3.05, 3.63) is 94.1 Å². The molecule has 8 aliphatic rings. The fourth-order valence-electron chi connectivity index (χ4n) is 17.3. The fourth-order valence-corrected chi connectivity index (χ4v) is 18.5. The lowest BCUT2D eigenvalue weighted by Gasteiger charge is -2.68. The lowest BCUT2D eigenvalue weighted by Crippen LogP contribution is -2.81. The third-order valence-electron chi connectivity index (χ3n) is 22.2. The molecule has 2 saturated heterocycles. The summed E-state index contributed by atoms with van der Waals surface area (Å²) in [6.45, 7) is 31.3. The van der Waals surface area contributed by atoms with Crippen LogP contribution in [-0.2, 0) is 71.1 Å². The summed E-state index contributed by atoms with van der Waals surface area (Å²) in [5.41, 5.74) is -8.79. The van der Waals surface area contributed by atoms with Crippen LogP contribution < -0.4 is 0 Å². The molecule has 0 spiro atoms. The largest absolute Gasteiger partial charge is 0.455 e. The summed E-state index contributed by atoms with van der Waals surface area (Å²) in [5.74, 6) is -7.55. The number of benzene rings is 2. The molecule has 0 radical (unpaired) electrons. The van der Waals surface area contributed by atoms with Gasteiger partial charge in [0.1, 0.15) is 35.6 Å². The van der Waals surface area contributed by atoms with Crippen LogP contribution in [0.5, 0.6) is 0 Å². The molecular weight excluding hydrogens is 1150 g/mol. The van der Waals surface area contributed by atoms with Gasteiger partial charge >= 0.3 is 35.8 Å². The Morgan fingerprint density at radius 3 is 1.23 bits per heavy atom. The van der Waals surface area contributed by atoms with Gasteiger partial charge in [0.2, 0.25) is 11.6 Å². The van der Waals surface area contributed by atoms with E-state index in [4.69, 9.17) is 42.3 Å². The van der Waals surface area contributed by atoms with Crippen LogP contribution in [-0.4, -0.2) is 144 Å². The van der Waals surface area contributed by atoms with E-state index in [0.717, 1.165) is 5.57 Å². The van der Waals surface area contributed by atoms with E-state index in [-0.39, 0.29) is 66.3 Å². The van der Waals surface area contributed by atoms with E-state index in [1.807, 2.05) is 68.1 Å². The van der Waals surface area contributed by atoms with Crippen LogP contribution in [0, 0.1) is 51.2 Å². The van der Waals surface area contributed by atoms with Gasteiger partial charge in [0.25, 0.3) is 0 Å². The van der Waals surface area contributed by atoms with Gasteiger partial charge in [-0.15, -0.1) is 0 Å². The zero-order valence-electron chi connectivity index (χ0n) is 54.3. The van der Waals surface area contributed by atoms with Gasteiger partial charge in [-0.25, -0.2) is 9.59 Å². The summed E-state index contributed by atoms with van der Waals surface area (Å²) >= 11 is 0. The molecule has 2 N–H and O–H groups in total. The molecule has 18 atom stereocenters. The van der Waals surface area contributed by atoms with Gasteiger partial charge < -0.3 is 52.5 Å². The Morgan fingerprint density at radius 2 is 0.898 bits per heavy atom. The quantitative estimate of drug-likeness (QED) is 0.128. The van der Waals surface area contributed by atoms with Crippen molar-refractivity contribution in [3.8, 4) is 0 Å². The van der Waals surface area contributed by atoms with Crippen molar-refractivity contribution < 1.29 is 90.9 Å². The number of allylic oxidation sites excluding steroid dienone is 1. The Kier molecular flexibility index (Phi) is 17.2. The molecule has 19 nitrogen and oxygen atoms in total. The van der Waals surface area contributed by atoms with Crippen molar-refractivity contribution in [2.24, 2.45) is 51.2 Å². The number of hydrogen-bond acceptors (Lipinski definition) is 19. The minimum absolute atomic E-state index is 0.0144. The monoisotopic (exact) mass is 1240 g/mol. The van der Waals surface area contributed by atoms with E-state index >= 15 is 4.79 Å². The average molecular weight is 1240 g/mol. The van der Waals surface area contributed by atoms with Gasteiger partial charge in [-0.2, -0.15) is 0 Å². The van der Waals surface area contributed by atoms with E-state index < -0.39 is 149 Å². The van der Waals surface area contributed by atoms with Crippen LogP contribution in [0.2, 0.25) is 19.6 Å². The predicted octanol–water partition coefficient (Wildman–Crippen LogP) is 8.99. The lowest BCUT2D eigenvalue weighted by molar-refractivity contribution is -0.351. The van der Waals surface area contributed by atoms with Crippen LogP contribution in [0.15, 0.2) is 83.0 Å². The van der Waals surface area contributed by atoms with Crippen molar-refractivity contribution in [2.75, 3.05) is 13.2 Å². The maximum Gasteiger partial charge on any atom is 0.338 e. The van der Waals surface area contributed by atoms with Gasteiger partial charge in [0.15, 0.2) is 31.7 Å². The summed E-state index contributed by atoms with van der Waals surface area (Å²) in [5, 5.41) is 26.4. The van der Waals surface area contributed by atoms with Crippen LogP contribution in [0.1, 0.15) is 150 Å². The van der Waals surface area contributed by atoms with E-state index in [9.17, 15) is 43.8 Å². The van der Waals surface area contributed by atoms with Crippen LogP contribution in [0.3, 0.4) is 0 Å². The number of carbonyl (C=O) groups excluding carboxylic acids is 8.